The number of aryl methyl sites for hydroxylation is 8. The molecular formula is C58H66Cl2Zr. The molecule has 0 nitrogen and oxygen atoms in total. The monoisotopic (exact) mass is 922 g/mol. The number of hydrogen-bond acceptors (Lipinski definition) is 0. The van der Waals surface area contributed by atoms with E-state index >= 15 is 0 Å². The molecule has 8 rings (SSSR count). The normalized spacial score (nSPS) is 14.8. The molecule has 0 saturated carbocycles. The molecule has 3 heteroatoms. The first-order valence-corrected chi connectivity index (χ1v) is 28.5. The average Bonchev–Trinajstić information content (AvgIpc) is 3.78. The van der Waals surface area contributed by atoms with E-state index in [1.807, 2.05) is 0 Å². The van der Waals surface area contributed by atoms with Crippen LogP contribution in [0.4, 0.5) is 0 Å². The molecule has 2 aliphatic carbocycles. The zero-order chi connectivity index (χ0) is 42.4. The predicted octanol–water partition coefficient (Wildman–Crippen LogP) is 14.4. The molecule has 0 heterocycles. The van der Waals surface area contributed by atoms with Gasteiger partial charge in [0.05, 0.1) is 0 Å². The summed E-state index contributed by atoms with van der Waals surface area (Å²) < 4.78 is 12.0. The van der Waals surface area contributed by atoms with Crippen LogP contribution >= 0.6 is 24.8 Å². The fourth-order valence-corrected chi connectivity index (χ4v) is 28.6. The summed E-state index contributed by atoms with van der Waals surface area (Å²) in [6.45, 7) is 30.1. The Bertz CT molecular complexity index is 2720. The van der Waals surface area contributed by atoms with Crippen LogP contribution in [0.5, 0.6) is 0 Å². The molecule has 1 atom stereocenters. The third-order valence-corrected chi connectivity index (χ3v) is 30.5. The molecule has 6 aromatic rings. The first kappa shape index (κ1) is 46.6. The van der Waals surface area contributed by atoms with Crippen molar-refractivity contribution in [2.75, 3.05) is 0 Å². The molecule has 61 heavy (non-hydrogen) atoms. The van der Waals surface area contributed by atoms with Gasteiger partial charge in [-0.2, -0.15) is 0 Å². The Labute approximate surface area is 381 Å². The number of hydrogen-bond donors (Lipinski definition) is 0. The number of allylic oxidation sites excluding steroid dienone is 4. The van der Waals surface area contributed by atoms with Crippen molar-refractivity contribution < 1.29 is 18.3 Å². The SMILES string of the molecule is Cl.Cl.[CH2]=[Zr]([C]1=CC(C(C)(C)C)=CC1C(C)C)([c]1ccc(C)cc1)([c]1ccc(C)cc1)[c]1c(-c2c(C)cc(C)cc2C)ccc2c1Cc1cc(-c3c(C)cc(C)cc3C)ccc1-2. The van der Waals surface area contributed by atoms with Crippen molar-refractivity contribution in [3.05, 3.63) is 180 Å². The first-order valence-electron chi connectivity index (χ1n) is 21.9. The van der Waals surface area contributed by atoms with Crippen molar-refractivity contribution in [3.8, 4) is 33.4 Å². The molecule has 0 saturated heterocycles. The first-order chi connectivity index (χ1) is 27.8. The van der Waals surface area contributed by atoms with Crippen LogP contribution in [0.15, 0.2) is 124 Å². The number of halogens is 2. The standard InChI is InChI=1S/C31H29.C12H19.2C7H7.CH2.2ClH.Zr/c1-18-11-20(3)30(21(4)12-18)24-7-9-28-26(15-24)17-27-16-25(8-10-29(27)28)31-22(5)13-19(2)14-23(31)6;1-9(2)10-6-7-11(8-10)12(3,4)5;2*1-7-5-3-2-4-6-7;;;;/h7-15H,17H2,1-6H3;7-10H,1-5H3;2*3-6H,1H3;1H2;2*1H;. The third kappa shape index (κ3) is 7.50. The van der Waals surface area contributed by atoms with Crippen LogP contribution in [0, 0.1) is 72.6 Å². The Morgan fingerprint density at radius 3 is 1.49 bits per heavy atom. The van der Waals surface area contributed by atoms with Crippen molar-refractivity contribution in [1.29, 1.82) is 0 Å². The summed E-state index contributed by atoms with van der Waals surface area (Å²) in [7, 11) is 0. The van der Waals surface area contributed by atoms with Crippen molar-refractivity contribution in [3.63, 3.8) is 0 Å². The van der Waals surface area contributed by atoms with E-state index in [1.54, 1.807) is 3.28 Å². The van der Waals surface area contributed by atoms with Gasteiger partial charge in [0.2, 0.25) is 0 Å². The van der Waals surface area contributed by atoms with Crippen LogP contribution in [-0.4, -0.2) is 4.21 Å². The van der Waals surface area contributed by atoms with Gasteiger partial charge in [0.1, 0.15) is 0 Å². The molecule has 6 aromatic carbocycles. The van der Waals surface area contributed by atoms with E-state index in [9.17, 15) is 0 Å². The molecule has 0 radical (unpaired) electrons. The molecule has 0 N–H and O–H groups in total. The number of benzene rings is 6. The van der Waals surface area contributed by atoms with E-state index in [0.29, 0.717) is 5.92 Å². The van der Waals surface area contributed by atoms with Gasteiger partial charge >= 0.3 is 359 Å². The Morgan fingerprint density at radius 2 is 1.02 bits per heavy atom. The van der Waals surface area contributed by atoms with Crippen molar-refractivity contribution in [1.82, 2.24) is 0 Å². The van der Waals surface area contributed by atoms with E-state index in [0.717, 1.165) is 6.42 Å². The summed E-state index contributed by atoms with van der Waals surface area (Å²) in [5.74, 6) is 0.650. The third-order valence-electron chi connectivity index (χ3n) is 14.2. The Hall–Kier alpha value is -3.87. The zero-order valence-electron chi connectivity index (χ0n) is 38.9. The minimum absolute atomic E-state index is 0. The summed E-state index contributed by atoms with van der Waals surface area (Å²) in [4.78, 5) is 0. The van der Waals surface area contributed by atoms with Gasteiger partial charge in [-0.1, -0.05) is 0 Å². The van der Waals surface area contributed by atoms with Gasteiger partial charge in [-0.25, -0.2) is 0 Å². The summed E-state index contributed by atoms with van der Waals surface area (Å²) in [6.07, 6.45) is 6.19. The maximum absolute atomic E-state index is 6.11. The van der Waals surface area contributed by atoms with Gasteiger partial charge in [-0.3, -0.25) is 0 Å². The molecule has 0 bridgehead atoms. The topological polar surface area (TPSA) is 0 Å². The van der Waals surface area contributed by atoms with Gasteiger partial charge in [-0.05, 0) is 0 Å². The number of fused-ring (bicyclic) bond motifs is 3. The van der Waals surface area contributed by atoms with Crippen LogP contribution in [0.2, 0.25) is 0 Å². The molecule has 0 aromatic heterocycles. The molecule has 316 valence electrons. The maximum atomic E-state index is 6.11. The second-order valence-electron chi connectivity index (χ2n) is 20.0. The minimum atomic E-state index is -5.36. The van der Waals surface area contributed by atoms with E-state index in [-0.39, 0.29) is 36.1 Å². The van der Waals surface area contributed by atoms with Crippen LogP contribution in [0.25, 0.3) is 33.4 Å². The Balaban J connectivity index is 0.00000311. The van der Waals surface area contributed by atoms with Crippen LogP contribution in [-0.2, 0) is 24.7 Å². The van der Waals surface area contributed by atoms with Gasteiger partial charge in [0, 0.05) is 0 Å². The molecule has 0 aliphatic heterocycles. The summed E-state index contributed by atoms with van der Waals surface area (Å²) in [5.41, 5.74) is 23.0. The van der Waals surface area contributed by atoms with Crippen molar-refractivity contribution in [2.24, 2.45) is 17.3 Å². The van der Waals surface area contributed by atoms with Gasteiger partial charge in [0.15, 0.2) is 0 Å². The summed E-state index contributed by atoms with van der Waals surface area (Å²) in [5, 5.41) is 0. The second-order valence-corrected chi connectivity index (χ2v) is 32.7. The predicted molar refractivity (Wildman–Crippen MR) is 271 cm³/mol. The molecular weight excluding hydrogens is 859 g/mol. The molecule has 0 amide bonds. The van der Waals surface area contributed by atoms with Gasteiger partial charge in [-0.15, -0.1) is 24.8 Å². The van der Waals surface area contributed by atoms with E-state index < -0.39 is 18.3 Å². The van der Waals surface area contributed by atoms with Crippen LogP contribution in [0.1, 0.15) is 90.3 Å². The Morgan fingerprint density at radius 1 is 0.557 bits per heavy atom. The quantitative estimate of drug-likeness (QED) is 0.149. The summed E-state index contributed by atoms with van der Waals surface area (Å²) in [6, 6.07) is 41.1. The van der Waals surface area contributed by atoms with Crippen molar-refractivity contribution >= 4 is 38.8 Å². The fraction of sp³-hybridized carbons (Fsp3) is 0.293. The summed E-state index contributed by atoms with van der Waals surface area (Å²) >= 11 is -5.36. The molecule has 0 fully saturated rings. The van der Waals surface area contributed by atoms with Crippen LogP contribution in [0.3, 0.4) is 0 Å². The van der Waals surface area contributed by atoms with E-state index in [1.165, 1.54) is 104 Å². The molecule has 0 spiro atoms. The van der Waals surface area contributed by atoms with E-state index in [2.05, 4.69) is 205 Å². The number of rotatable bonds is 7. The zero-order valence-corrected chi connectivity index (χ0v) is 42.9. The average molecular weight is 925 g/mol. The van der Waals surface area contributed by atoms with Crippen molar-refractivity contribution in [2.45, 2.75) is 96.4 Å². The molecule has 2 aliphatic rings. The second kappa shape index (κ2) is 16.7. The van der Waals surface area contributed by atoms with E-state index in [4.69, 9.17) is 4.21 Å². The Kier molecular flexibility index (Phi) is 12.8. The van der Waals surface area contributed by atoms with Gasteiger partial charge < -0.3 is 0 Å². The van der Waals surface area contributed by atoms with Crippen LogP contribution < -0.4 is 9.81 Å². The van der Waals surface area contributed by atoms with Gasteiger partial charge in [0.25, 0.3) is 0 Å². The molecule has 1 unspecified atom stereocenters. The fourth-order valence-electron chi connectivity index (χ4n) is 11.4.